The molecular weight excluding hydrogens is 280 g/mol. The molecule has 0 unspecified atom stereocenters. The number of ether oxygens (including phenoxy) is 1. The van der Waals surface area contributed by atoms with Crippen molar-refractivity contribution in [2.45, 2.75) is 19.5 Å². The summed E-state index contributed by atoms with van der Waals surface area (Å²) >= 11 is 0. The Morgan fingerprint density at radius 2 is 2.23 bits per heavy atom. The molecule has 6 nitrogen and oxygen atoms in total. The fourth-order valence-corrected chi connectivity index (χ4v) is 2.53. The average Bonchev–Trinajstić information content (AvgIpc) is 3.08. The van der Waals surface area contributed by atoms with Gasteiger partial charge in [0, 0.05) is 19.3 Å². The van der Waals surface area contributed by atoms with Gasteiger partial charge in [-0.2, -0.15) is 5.10 Å². The molecule has 0 bridgehead atoms. The predicted octanol–water partition coefficient (Wildman–Crippen LogP) is 2.01. The molecule has 2 aromatic rings. The van der Waals surface area contributed by atoms with E-state index in [0.717, 1.165) is 16.8 Å². The Hall–Kier alpha value is -2.34. The van der Waals surface area contributed by atoms with Crippen molar-refractivity contribution in [3.63, 3.8) is 0 Å². The Labute approximate surface area is 129 Å². The largest absolute Gasteiger partial charge is 0.377 e. The van der Waals surface area contributed by atoms with Crippen LogP contribution in [-0.2, 0) is 11.3 Å². The smallest absolute Gasteiger partial charge is 0.318 e. The zero-order valence-electron chi connectivity index (χ0n) is 12.6. The summed E-state index contributed by atoms with van der Waals surface area (Å²) in [5.41, 5.74) is 3.13. The summed E-state index contributed by atoms with van der Waals surface area (Å²) in [6.07, 6.45) is 1.73. The van der Waals surface area contributed by atoms with Gasteiger partial charge >= 0.3 is 6.03 Å². The quantitative estimate of drug-likeness (QED) is 0.911. The van der Waals surface area contributed by atoms with Gasteiger partial charge < -0.3 is 15.0 Å². The van der Waals surface area contributed by atoms with E-state index in [1.54, 1.807) is 6.20 Å². The van der Waals surface area contributed by atoms with Gasteiger partial charge in [0.25, 0.3) is 0 Å². The Balaban J connectivity index is 1.56. The minimum atomic E-state index is -0.0338. The van der Waals surface area contributed by atoms with Gasteiger partial charge in [-0.1, -0.05) is 24.3 Å². The lowest BCUT2D eigenvalue weighted by Gasteiger charge is -2.33. The van der Waals surface area contributed by atoms with Crippen LogP contribution in [0.4, 0.5) is 4.79 Å². The van der Waals surface area contributed by atoms with E-state index < -0.39 is 0 Å². The summed E-state index contributed by atoms with van der Waals surface area (Å²) in [5, 5.41) is 9.84. The molecule has 1 aliphatic rings. The Kier molecular flexibility index (Phi) is 4.39. The first kappa shape index (κ1) is 14.6. The first-order valence-electron chi connectivity index (χ1n) is 7.45. The second-order valence-electron chi connectivity index (χ2n) is 5.44. The minimum Gasteiger partial charge on any atom is -0.377 e. The predicted molar refractivity (Wildman–Crippen MR) is 83.2 cm³/mol. The molecule has 0 aliphatic carbocycles. The Morgan fingerprint density at radius 3 is 2.91 bits per heavy atom. The molecule has 1 atom stereocenters. The van der Waals surface area contributed by atoms with Gasteiger partial charge in [0.05, 0.1) is 24.9 Å². The second kappa shape index (κ2) is 6.62. The van der Waals surface area contributed by atoms with E-state index >= 15 is 0 Å². The zero-order valence-corrected chi connectivity index (χ0v) is 12.6. The van der Waals surface area contributed by atoms with E-state index in [-0.39, 0.29) is 12.1 Å². The molecule has 1 aromatic carbocycles. The summed E-state index contributed by atoms with van der Waals surface area (Å²) in [6, 6.07) is 10.1. The second-order valence-corrected chi connectivity index (χ2v) is 5.44. The highest BCUT2D eigenvalue weighted by Crippen LogP contribution is 2.16. The first-order chi connectivity index (χ1) is 10.7. The van der Waals surface area contributed by atoms with Crippen molar-refractivity contribution in [1.29, 1.82) is 0 Å². The van der Waals surface area contributed by atoms with Crippen molar-refractivity contribution in [2.24, 2.45) is 0 Å². The van der Waals surface area contributed by atoms with E-state index in [2.05, 4.69) is 15.5 Å². The lowest BCUT2D eigenvalue weighted by molar-refractivity contribution is 0.0190. The standard InChI is InChI=1S/C16H20N4O2/c1-12-11-22-9-8-20(12)16(21)17-10-13-2-4-14(5-3-13)15-6-7-18-19-15/h2-7,12H,8-11H2,1H3,(H,17,21)(H,18,19)/t12-/m0/s1. The fourth-order valence-electron chi connectivity index (χ4n) is 2.53. The molecule has 0 saturated carbocycles. The average molecular weight is 300 g/mol. The van der Waals surface area contributed by atoms with Gasteiger partial charge in [-0.15, -0.1) is 0 Å². The van der Waals surface area contributed by atoms with Gasteiger partial charge in [0.1, 0.15) is 0 Å². The van der Waals surface area contributed by atoms with Crippen LogP contribution in [0.15, 0.2) is 36.5 Å². The maximum Gasteiger partial charge on any atom is 0.318 e. The number of aromatic amines is 1. The maximum absolute atomic E-state index is 12.2. The molecule has 2 N–H and O–H groups in total. The Morgan fingerprint density at radius 1 is 1.41 bits per heavy atom. The van der Waals surface area contributed by atoms with E-state index in [0.29, 0.717) is 26.3 Å². The molecule has 0 spiro atoms. The number of urea groups is 1. The molecule has 2 heterocycles. The van der Waals surface area contributed by atoms with Gasteiger partial charge in [0.2, 0.25) is 0 Å². The number of benzene rings is 1. The van der Waals surface area contributed by atoms with E-state index in [1.807, 2.05) is 42.2 Å². The topological polar surface area (TPSA) is 70.2 Å². The van der Waals surface area contributed by atoms with Crippen LogP contribution >= 0.6 is 0 Å². The minimum absolute atomic E-state index is 0.0338. The molecular formula is C16H20N4O2. The summed E-state index contributed by atoms with van der Waals surface area (Å²) in [7, 11) is 0. The molecule has 1 fully saturated rings. The summed E-state index contributed by atoms with van der Waals surface area (Å²) in [4.78, 5) is 14.0. The Bertz CT molecular complexity index is 610. The number of nitrogens with one attached hydrogen (secondary N) is 2. The summed E-state index contributed by atoms with van der Waals surface area (Å²) in [5.74, 6) is 0. The van der Waals surface area contributed by atoms with Crippen molar-refractivity contribution in [1.82, 2.24) is 20.4 Å². The number of nitrogens with zero attached hydrogens (tertiary/aromatic N) is 2. The normalized spacial score (nSPS) is 18.2. The van der Waals surface area contributed by atoms with Crippen LogP contribution in [0.2, 0.25) is 0 Å². The third-order valence-corrected chi connectivity index (χ3v) is 3.84. The lowest BCUT2D eigenvalue weighted by Crippen LogP contribution is -2.51. The van der Waals surface area contributed by atoms with Gasteiger partial charge in [-0.3, -0.25) is 5.10 Å². The number of hydrogen-bond acceptors (Lipinski definition) is 3. The van der Waals surface area contributed by atoms with Crippen LogP contribution in [0.5, 0.6) is 0 Å². The third-order valence-electron chi connectivity index (χ3n) is 3.84. The fraction of sp³-hybridized carbons (Fsp3) is 0.375. The molecule has 22 heavy (non-hydrogen) atoms. The highest BCUT2D eigenvalue weighted by atomic mass is 16.5. The monoisotopic (exact) mass is 300 g/mol. The lowest BCUT2D eigenvalue weighted by atomic mass is 10.1. The van der Waals surface area contributed by atoms with Crippen LogP contribution in [0.3, 0.4) is 0 Å². The van der Waals surface area contributed by atoms with Crippen LogP contribution in [0.1, 0.15) is 12.5 Å². The molecule has 2 amide bonds. The SMILES string of the molecule is C[C@H]1COCCN1C(=O)NCc1ccc(-c2ccn[nH]2)cc1. The third kappa shape index (κ3) is 3.28. The van der Waals surface area contributed by atoms with E-state index in [4.69, 9.17) is 4.74 Å². The van der Waals surface area contributed by atoms with Crippen LogP contribution in [0, 0.1) is 0 Å². The molecule has 1 aliphatic heterocycles. The number of carbonyl (C=O) groups is 1. The van der Waals surface area contributed by atoms with E-state index in [1.165, 1.54) is 0 Å². The van der Waals surface area contributed by atoms with Gasteiger partial charge in [-0.05, 0) is 24.1 Å². The van der Waals surface area contributed by atoms with Gasteiger partial charge in [0.15, 0.2) is 0 Å². The summed E-state index contributed by atoms with van der Waals surface area (Å²) < 4.78 is 5.34. The number of hydrogen-bond donors (Lipinski definition) is 2. The van der Waals surface area contributed by atoms with Crippen molar-refractivity contribution in [3.05, 3.63) is 42.1 Å². The zero-order chi connectivity index (χ0) is 15.4. The number of aromatic nitrogens is 2. The number of H-pyrrole nitrogens is 1. The number of carbonyl (C=O) groups excluding carboxylic acids is 1. The molecule has 6 heteroatoms. The molecule has 116 valence electrons. The van der Waals surface area contributed by atoms with Crippen molar-refractivity contribution in [3.8, 4) is 11.3 Å². The molecule has 1 aromatic heterocycles. The van der Waals surface area contributed by atoms with Crippen molar-refractivity contribution in [2.75, 3.05) is 19.8 Å². The first-order valence-corrected chi connectivity index (χ1v) is 7.45. The van der Waals surface area contributed by atoms with Crippen LogP contribution in [-0.4, -0.2) is 46.9 Å². The molecule has 3 rings (SSSR count). The van der Waals surface area contributed by atoms with Crippen LogP contribution in [0.25, 0.3) is 11.3 Å². The van der Waals surface area contributed by atoms with Crippen molar-refractivity contribution >= 4 is 6.03 Å². The van der Waals surface area contributed by atoms with Crippen molar-refractivity contribution < 1.29 is 9.53 Å². The van der Waals surface area contributed by atoms with Gasteiger partial charge in [-0.25, -0.2) is 4.79 Å². The number of rotatable bonds is 3. The highest BCUT2D eigenvalue weighted by molar-refractivity contribution is 5.74. The van der Waals surface area contributed by atoms with Crippen LogP contribution < -0.4 is 5.32 Å². The highest BCUT2D eigenvalue weighted by Gasteiger charge is 2.23. The molecule has 0 radical (unpaired) electrons. The maximum atomic E-state index is 12.2. The molecule has 1 saturated heterocycles. The number of amides is 2. The van der Waals surface area contributed by atoms with E-state index in [9.17, 15) is 4.79 Å². The number of morpholine rings is 1. The summed E-state index contributed by atoms with van der Waals surface area (Å²) in [6.45, 7) is 4.37.